The molecule has 0 aromatic heterocycles. The molecule has 1 saturated carbocycles. The van der Waals surface area contributed by atoms with E-state index in [9.17, 15) is 13.2 Å². The zero-order chi connectivity index (χ0) is 23.8. The number of benzene rings is 1. The van der Waals surface area contributed by atoms with Gasteiger partial charge in [-0.25, -0.2) is 13.2 Å². The van der Waals surface area contributed by atoms with Crippen molar-refractivity contribution in [1.82, 2.24) is 15.5 Å². The number of likely N-dealkylation sites (N-methyl/N-ethyl adjacent to an activating group) is 1. The van der Waals surface area contributed by atoms with Crippen LogP contribution in [0.15, 0.2) is 41.0 Å². The molecule has 10 heteroatoms. The maximum atomic E-state index is 12.5. The van der Waals surface area contributed by atoms with Crippen molar-refractivity contribution in [2.45, 2.75) is 37.0 Å². The Morgan fingerprint density at radius 1 is 1.22 bits per heavy atom. The van der Waals surface area contributed by atoms with E-state index < -0.39 is 14.6 Å². The Kier molecular flexibility index (Phi) is 9.09. The minimum absolute atomic E-state index is 0.252. The van der Waals surface area contributed by atoms with Crippen molar-refractivity contribution in [3.63, 3.8) is 0 Å². The van der Waals surface area contributed by atoms with Gasteiger partial charge < -0.3 is 26.6 Å². The number of sulfone groups is 1. The number of nitrogens with one attached hydrogen (secondary N) is 3. The number of carbonyl (C=O) groups is 1. The van der Waals surface area contributed by atoms with Crippen LogP contribution >= 0.6 is 0 Å². The van der Waals surface area contributed by atoms with Crippen molar-refractivity contribution in [3.8, 4) is 0 Å². The third-order valence-corrected chi connectivity index (χ3v) is 7.72. The average molecular weight is 465 g/mol. The zero-order valence-corrected chi connectivity index (χ0v) is 20.3. The van der Waals surface area contributed by atoms with Gasteiger partial charge in [0.2, 0.25) is 0 Å². The van der Waals surface area contributed by atoms with Gasteiger partial charge in [-0.2, -0.15) is 0 Å². The summed E-state index contributed by atoms with van der Waals surface area (Å²) in [6, 6.07) is 7.09. The Hall–Kier alpha value is -2.59. The molecule has 9 nitrogen and oxygen atoms in total. The first kappa shape index (κ1) is 25.7. The first-order valence-electron chi connectivity index (χ1n) is 10.8. The Labute approximate surface area is 191 Å². The van der Waals surface area contributed by atoms with E-state index in [0.29, 0.717) is 37.3 Å². The van der Waals surface area contributed by atoms with Crippen molar-refractivity contribution < 1.29 is 13.2 Å². The maximum absolute atomic E-state index is 12.5. The molecular formula is C22H36N6O3S. The molecule has 178 valence electrons. The Bertz CT molecular complexity index is 933. The molecular weight excluding hydrogens is 428 g/mol. The largest absolute Gasteiger partial charge is 0.390 e. The molecule has 0 spiro atoms. The molecule has 1 aliphatic rings. The number of rotatable bonds is 10. The molecule has 5 N–H and O–H groups in total. The van der Waals surface area contributed by atoms with Crippen LogP contribution in [0.1, 0.15) is 31.2 Å². The van der Waals surface area contributed by atoms with Crippen LogP contribution in [0.2, 0.25) is 0 Å². The first-order valence-corrected chi connectivity index (χ1v) is 12.6. The minimum Gasteiger partial charge on any atom is -0.390 e. The lowest BCUT2D eigenvalue weighted by molar-refractivity contribution is 0.250. The Morgan fingerprint density at radius 2 is 1.84 bits per heavy atom. The number of carbonyl (C=O) groups excluding carboxylic acids is 1. The summed E-state index contributed by atoms with van der Waals surface area (Å²) in [7, 11) is 2.31. The van der Waals surface area contributed by atoms with Crippen LogP contribution in [0.4, 0.5) is 10.5 Å². The van der Waals surface area contributed by atoms with Crippen LogP contribution in [-0.4, -0.2) is 70.4 Å². The number of anilines is 1. The van der Waals surface area contributed by atoms with E-state index in [2.05, 4.69) is 20.9 Å². The molecule has 1 aromatic rings. The number of amidine groups is 1. The number of hydrogen-bond acceptors (Lipinski definition) is 6. The number of aliphatic imine (C=N–C) groups is 1. The van der Waals surface area contributed by atoms with Crippen molar-refractivity contribution in [3.05, 3.63) is 41.6 Å². The Morgan fingerprint density at radius 3 is 2.38 bits per heavy atom. The fourth-order valence-corrected chi connectivity index (χ4v) is 5.45. The summed E-state index contributed by atoms with van der Waals surface area (Å²) in [5, 5.41) is 8.62. The number of nitrogens with two attached hydrogens (primary N) is 1. The minimum atomic E-state index is -3.30. The molecule has 2 rings (SSSR count). The summed E-state index contributed by atoms with van der Waals surface area (Å²) in [4.78, 5) is 18.3. The molecule has 2 amide bonds. The van der Waals surface area contributed by atoms with Crippen LogP contribution in [-0.2, 0) is 16.4 Å². The summed E-state index contributed by atoms with van der Waals surface area (Å²) in [5.41, 5.74) is 8.30. The van der Waals surface area contributed by atoms with Crippen LogP contribution in [0, 0.1) is 0 Å². The zero-order valence-electron chi connectivity index (χ0n) is 19.4. The van der Waals surface area contributed by atoms with Crippen LogP contribution in [0.3, 0.4) is 0 Å². The monoisotopic (exact) mass is 464 g/mol. The molecule has 1 aromatic carbocycles. The van der Waals surface area contributed by atoms with Gasteiger partial charge in [0.15, 0.2) is 9.84 Å². The predicted octanol–water partition coefficient (Wildman–Crippen LogP) is 1.69. The van der Waals surface area contributed by atoms with Crippen molar-refractivity contribution in [2.75, 3.05) is 45.8 Å². The van der Waals surface area contributed by atoms with Crippen LogP contribution < -0.4 is 21.7 Å². The van der Waals surface area contributed by atoms with Gasteiger partial charge in [0.1, 0.15) is 10.6 Å². The lowest BCUT2D eigenvalue weighted by Gasteiger charge is -2.30. The Balaban J connectivity index is 2.00. The van der Waals surface area contributed by atoms with Crippen LogP contribution in [0.5, 0.6) is 0 Å². The van der Waals surface area contributed by atoms with E-state index in [0.717, 1.165) is 24.9 Å². The van der Waals surface area contributed by atoms with Gasteiger partial charge in [0.25, 0.3) is 0 Å². The van der Waals surface area contributed by atoms with Crippen molar-refractivity contribution in [2.24, 2.45) is 10.7 Å². The quantitative estimate of drug-likeness (QED) is 0.308. The molecule has 0 aliphatic heterocycles. The third-order valence-electron chi connectivity index (χ3n) is 5.67. The second kappa shape index (κ2) is 11.3. The van der Waals surface area contributed by atoms with Crippen LogP contribution in [0.25, 0.3) is 0 Å². The average Bonchev–Trinajstić information content (AvgIpc) is 3.22. The summed E-state index contributed by atoms with van der Waals surface area (Å²) >= 11 is 0. The standard InChI is InChI=1S/C22H36N6O3S/c1-24-19(22(32(4,30)31)11-5-6-12-22)15-20(23)26-16-17-7-9-18(10-8-17)27-21(29)25-13-14-28(2)3/h7-10,15,24H,5-6,11-14,16H2,1-4H3,(H2,23,26)(H2,25,27,29)/b19-15-. The second-order valence-electron chi connectivity index (χ2n) is 8.40. The maximum Gasteiger partial charge on any atom is 0.319 e. The molecule has 1 fully saturated rings. The summed E-state index contributed by atoms with van der Waals surface area (Å²) < 4.78 is 24.1. The molecule has 32 heavy (non-hydrogen) atoms. The fraction of sp³-hybridized carbons (Fsp3) is 0.545. The second-order valence-corrected chi connectivity index (χ2v) is 10.7. The number of urea groups is 1. The molecule has 0 radical (unpaired) electrons. The van der Waals surface area contributed by atoms with E-state index in [1.165, 1.54) is 6.26 Å². The summed E-state index contributed by atoms with van der Waals surface area (Å²) in [5.74, 6) is 0.270. The lowest BCUT2D eigenvalue weighted by Crippen LogP contribution is -2.42. The number of nitrogens with zero attached hydrogens (tertiary/aromatic N) is 2. The van der Waals surface area contributed by atoms with Gasteiger partial charge in [0, 0.05) is 43.9 Å². The summed E-state index contributed by atoms with van der Waals surface area (Å²) in [6.45, 7) is 1.68. The normalized spacial score (nSPS) is 16.8. The molecule has 0 bridgehead atoms. The first-order chi connectivity index (χ1) is 15.1. The smallest absolute Gasteiger partial charge is 0.319 e. The molecule has 1 aliphatic carbocycles. The van der Waals surface area contributed by atoms with E-state index in [-0.39, 0.29) is 11.9 Å². The third kappa shape index (κ3) is 6.96. The predicted molar refractivity (Wildman–Crippen MR) is 131 cm³/mol. The molecule has 0 heterocycles. The van der Waals surface area contributed by atoms with Gasteiger partial charge in [0.05, 0.1) is 6.54 Å². The highest BCUT2D eigenvalue weighted by Crippen LogP contribution is 2.41. The molecule has 0 saturated heterocycles. The van der Waals surface area contributed by atoms with E-state index in [4.69, 9.17) is 5.73 Å². The fourth-order valence-electron chi connectivity index (χ4n) is 3.86. The molecule has 0 unspecified atom stereocenters. The van der Waals surface area contributed by atoms with E-state index in [1.54, 1.807) is 25.3 Å². The van der Waals surface area contributed by atoms with Gasteiger partial charge in [-0.3, -0.25) is 4.99 Å². The highest BCUT2D eigenvalue weighted by Gasteiger charge is 2.46. The highest BCUT2D eigenvalue weighted by atomic mass is 32.2. The van der Waals surface area contributed by atoms with E-state index in [1.807, 2.05) is 31.1 Å². The summed E-state index contributed by atoms with van der Waals surface area (Å²) in [6.07, 6.45) is 5.84. The topological polar surface area (TPSA) is 129 Å². The van der Waals surface area contributed by atoms with Gasteiger partial charge in [-0.05, 0) is 44.6 Å². The highest BCUT2D eigenvalue weighted by molar-refractivity contribution is 7.92. The number of hydrogen-bond donors (Lipinski definition) is 4. The SMILES string of the molecule is CN/C(=C\C(N)=N/Cc1ccc(NC(=O)NCCN(C)C)cc1)C1(S(C)(=O)=O)CCCC1. The van der Waals surface area contributed by atoms with Gasteiger partial charge >= 0.3 is 6.03 Å². The van der Waals surface area contributed by atoms with Gasteiger partial charge in [-0.1, -0.05) is 25.0 Å². The number of amides is 2. The van der Waals surface area contributed by atoms with Gasteiger partial charge in [-0.15, -0.1) is 0 Å². The lowest BCUT2D eigenvalue weighted by atomic mass is 10.0. The van der Waals surface area contributed by atoms with Crippen molar-refractivity contribution >= 4 is 27.4 Å². The van der Waals surface area contributed by atoms with E-state index >= 15 is 0 Å². The molecule has 0 atom stereocenters. The van der Waals surface area contributed by atoms with Crippen molar-refractivity contribution in [1.29, 1.82) is 0 Å².